The first-order valence-electron chi connectivity index (χ1n) is 9.38. The molecule has 0 radical (unpaired) electrons. The van der Waals surface area contributed by atoms with Crippen LogP contribution >= 0.6 is 0 Å². The van der Waals surface area contributed by atoms with Gasteiger partial charge in [0.15, 0.2) is 0 Å². The van der Waals surface area contributed by atoms with Gasteiger partial charge in [-0.2, -0.15) is 0 Å². The molecule has 0 saturated carbocycles. The number of nitrogens with zero attached hydrogens (tertiary/aromatic N) is 2. The molecule has 0 bridgehead atoms. The largest absolute Gasteiger partial charge is 0.373 e. The van der Waals surface area contributed by atoms with Crippen LogP contribution < -0.4 is 10.2 Å². The number of hydrogen-bond donors (Lipinski definition) is 1. The molecule has 1 N–H and O–H groups in total. The average Bonchev–Trinajstić information content (AvgIpc) is 3.10. The van der Waals surface area contributed by atoms with Gasteiger partial charge in [0.05, 0.1) is 6.42 Å². The van der Waals surface area contributed by atoms with Gasteiger partial charge in [0.25, 0.3) is 5.91 Å². The van der Waals surface area contributed by atoms with E-state index in [9.17, 15) is 14.4 Å². The third-order valence-electron chi connectivity index (χ3n) is 5.08. The van der Waals surface area contributed by atoms with Crippen LogP contribution in [0.25, 0.3) is 0 Å². The molecule has 2 aliphatic rings. The highest BCUT2D eigenvalue weighted by molar-refractivity contribution is 6.06. The van der Waals surface area contributed by atoms with Gasteiger partial charge in [-0.3, -0.25) is 19.3 Å². The fourth-order valence-electron chi connectivity index (χ4n) is 3.57. The Hall–Kier alpha value is -2.37. The molecular weight excluding hydrogens is 330 g/mol. The highest BCUT2D eigenvalue weighted by Gasteiger charge is 2.38. The van der Waals surface area contributed by atoms with Crippen molar-refractivity contribution >= 4 is 29.1 Å². The third kappa shape index (κ3) is 3.74. The van der Waals surface area contributed by atoms with Crippen LogP contribution in [0.1, 0.15) is 45.1 Å². The fraction of sp³-hybridized carbons (Fsp3) is 0.550. The maximum Gasteiger partial charge on any atom is 0.252 e. The van der Waals surface area contributed by atoms with E-state index < -0.39 is 6.04 Å². The summed E-state index contributed by atoms with van der Waals surface area (Å²) in [6.07, 6.45) is 2.51. The molecule has 26 heavy (non-hydrogen) atoms. The monoisotopic (exact) mass is 357 g/mol. The second-order valence-corrected chi connectivity index (χ2v) is 7.62. The number of carbonyl (C=O) groups excluding carboxylic acids is 3. The number of carbonyl (C=O) groups is 3. The predicted molar refractivity (Wildman–Crippen MR) is 101 cm³/mol. The number of likely N-dealkylation sites (tertiary alicyclic amines) is 1. The van der Waals surface area contributed by atoms with Gasteiger partial charge in [-0.1, -0.05) is 13.8 Å². The zero-order chi connectivity index (χ0) is 18.8. The van der Waals surface area contributed by atoms with Crippen molar-refractivity contribution in [2.45, 2.75) is 52.5 Å². The highest BCUT2D eigenvalue weighted by Crippen LogP contribution is 2.28. The topological polar surface area (TPSA) is 69.7 Å². The van der Waals surface area contributed by atoms with E-state index in [1.165, 1.54) is 4.90 Å². The molecule has 1 unspecified atom stereocenters. The van der Waals surface area contributed by atoms with Crippen LogP contribution in [0.15, 0.2) is 18.2 Å². The number of aryl methyl sites for hydroxylation is 1. The maximum atomic E-state index is 12.5. The van der Waals surface area contributed by atoms with Crippen LogP contribution in [-0.4, -0.2) is 41.8 Å². The molecule has 6 nitrogen and oxygen atoms in total. The second-order valence-electron chi connectivity index (χ2n) is 7.62. The maximum absolute atomic E-state index is 12.5. The standard InChI is InChI=1S/C20H27N3O3/c1-13(2)8-10-23-19(25)12-16(20(23)26)21-15-6-7-17(14(3)11-15)22-9-4-5-18(22)24/h6-7,11,13,16,21H,4-5,8-10,12H2,1-3H3. The van der Waals surface area contributed by atoms with Crippen molar-refractivity contribution in [1.82, 2.24) is 4.90 Å². The minimum absolute atomic E-state index is 0.107. The Morgan fingerprint density at radius 1 is 1.19 bits per heavy atom. The van der Waals surface area contributed by atoms with Crippen molar-refractivity contribution in [3.8, 4) is 0 Å². The van der Waals surface area contributed by atoms with Crippen molar-refractivity contribution < 1.29 is 14.4 Å². The fourth-order valence-corrected chi connectivity index (χ4v) is 3.57. The molecular formula is C20H27N3O3. The zero-order valence-electron chi connectivity index (χ0n) is 15.7. The lowest BCUT2D eigenvalue weighted by atomic mass is 10.1. The lowest BCUT2D eigenvalue weighted by Gasteiger charge is -2.20. The van der Waals surface area contributed by atoms with Crippen molar-refractivity contribution in [2.75, 3.05) is 23.3 Å². The summed E-state index contributed by atoms with van der Waals surface area (Å²) in [6.45, 7) is 7.37. The minimum atomic E-state index is -0.506. The molecule has 3 rings (SSSR count). The Labute approximate surface area is 154 Å². The summed E-state index contributed by atoms with van der Waals surface area (Å²) in [5, 5.41) is 3.19. The van der Waals surface area contributed by atoms with Crippen molar-refractivity contribution in [1.29, 1.82) is 0 Å². The molecule has 6 heteroatoms. The lowest BCUT2D eigenvalue weighted by molar-refractivity contribution is -0.138. The number of imide groups is 1. The highest BCUT2D eigenvalue weighted by atomic mass is 16.2. The van der Waals surface area contributed by atoms with E-state index in [1.54, 1.807) is 0 Å². The number of nitrogens with one attached hydrogen (secondary N) is 1. The quantitative estimate of drug-likeness (QED) is 0.795. The summed E-state index contributed by atoms with van der Waals surface area (Å²) >= 11 is 0. The summed E-state index contributed by atoms with van der Waals surface area (Å²) in [5.74, 6) is 0.355. The summed E-state index contributed by atoms with van der Waals surface area (Å²) in [4.78, 5) is 39.8. The van der Waals surface area contributed by atoms with Gasteiger partial charge >= 0.3 is 0 Å². The lowest BCUT2D eigenvalue weighted by Crippen LogP contribution is -2.35. The van der Waals surface area contributed by atoms with Crippen LogP contribution in [-0.2, 0) is 14.4 Å². The van der Waals surface area contributed by atoms with Gasteiger partial charge in [-0.25, -0.2) is 0 Å². The molecule has 2 saturated heterocycles. The van der Waals surface area contributed by atoms with Gasteiger partial charge in [-0.15, -0.1) is 0 Å². The van der Waals surface area contributed by atoms with E-state index in [0.29, 0.717) is 18.9 Å². The molecule has 140 valence electrons. The molecule has 2 aliphatic heterocycles. The van der Waals surface area contributed by atoms with Crippen LogP contribution in [0.5, 0.6) is 0 Å². The Bertz CT molecular complexity index is 729. The summed E-state index contributed by atoms with van der Waals surface area (Å²) in [5.41, 5.74) is 2.71. The molecule has 0 spiro atoms. The van der Waals surface area contributed by atoms with Crippen molar-refractivity contribution in [3.05, 3.63) is 23.8 Å². The Morgan fingerprint density at radius 3 is 2.58 bits per heavy atom. The van der Waals surface area contributed by atoms with Gasteiger partial charge < -0.3 is 10.2 Å². The van der Waals surface area contributed by atoms with Gasteiger partial charge in [-0.05, 0) is 49.4 Å². The molecule has 2 heterocycles. The zero-order valence-corrected chi connectivity index (χ0v) is 15.7. The molecule has 3 amide bonds. The second kappa shape index (κ2) is 7.48. The van der Waals surface area contributed by atoms with Gasteiger partial charge in [0, 0.05) is 30.9 Å². The molecule has 2 fully saturated rings. The van der Waals surface area contributed by atoms with E-state index in [4.69, 9.17) is 0 Å². The molecule has 0 aromatic heterocycles. The van der Waals surface area contributed by atoms with Crippen molar-refractivity contribution in [2.24, 2.45) is 5.92 Å². The first kappa shape index (κ1) is 18.4. The van der Waals surface area contributed by atoms with Crippen LogP contribution in [0, 0.1) is 12.8 Å². The van der Waals surface area contributed by atoms with Gasteiger partial charge in [0.2, 0.25) is 11.8 Å². The smallest absolute Gasteiger partial charge is 0.252 e. The van der Waals surface area contributed by atoms with E-state index in [0.717, 1.165) is 36.3 Å². The average molecular weight is 357 g/mol. The van der Waals surface area contributed by atoms with E-state index in [-0.39, 0.29) is 24.1 Å². The molecule has 0 aliphatic carbocycles. The molecule has 1 aromatic carbocycles. The normalized spacial score (nSPS) is 20.6. The van der Waals surface area contributed by atoms with Crippen LogP contribution in [0.2, 0.25) is 0 Å². The first-order chi connectivity index (χ1) is 12.4. The summed E-state index contributed by atoms with van der Waals surface area (Å²) in [6, 6.07) is 5.23. The van der Waals surface area contributed by atoms with Gasteiger partial charge in [0.1, 0.15) is 6.04 Å². The minimum Gasteiger partial charge on any atom is -0.373 e. The van der Waals surface area contributed by atoms with Crippen molar-refractivity contribution in [3.63, 3.8) is 0 Å². The number of amides is 3. The Kier molecular flexibility index (Phi) is 5.30. The summed E-state index contributed by atoms with van der Waals surface area (Å²) in [7, 11) is 0. The summed E-state index contributed by atoms with van der Waals surface area (Å²) < 4.78 is 0. The number of anilines is 2. The SMILES string of the molecule is Cc1cc(NC2CC(=O)N(CCC(C)C)C2=O)ccc1N1CCCC1=O. The number of benzene rings is 1. The third-order valence-corrected chi connectivity index (χ3v) is 5.08. The predicted octanol–water partition coefficient (Wildman–Crippen LogP) is 2.71. The van der Waals surface area contributed by atoms with Crippen LogP contribution in [0.3, 0.4) is 0 Å². The van der Waals surface area contributed by atoms with Crippen LogP contribution in [0.4, 0.5) is 11.4 Å². The number of rotatable bonds is 6. The van der Waals surface area contributed by atoms with E-state index in [1.807, 2.05) is 30.0 Å². The molecule has 1 aromatic rings. The number of hydrogen-bond acceptors (Lipinski definition) is 4. The molecule has 1 atom stereocenters. The first-order valence-corrected chi connectivity index (χ1v) is 9.38. The van der Waals surface area contributed by atoms with E-state index >= 15 is 0 Å². The Balaban J connectivity index is 1.67. The Morgan fingerprint density at radius 2 is 1.96 bits per heavy atom. The van der Waals surface area contributed by atoms with E-state index in [2.05, 4.69) is 19.2 Å².